The zero-order chi connectivity index (χ0) is 20.2. The SMILES string of the molecule is CC(C)C1CCC(Nc2nccc(-n3ncc4c(OCCO)cccc43)n2)CC1. The fraction of sp³-hybridized carbons (Fsp3) is 0.500. The minimum Gasteiger partial charge on any atom is -0.490 e. The third-order valence-electron chi connectivity index (χ3n) is 5.83. The summed E-state index contributed by atoms with van der Waals surface area (Å²) in [7, 11) is 0. The van der Waals surface area contributed by atoms with Crippen LogP contribution in [0, 0.1) is 11.8 Å². The monoisotopic (exact) mass is 395 g/mol. The topological polar surface area (TPSA) is 85.1 Å². The molecule has 0 spiro atoms. The van der Waals surface area contributed by atoms with E-state index in [2.05, 4.69) is 29.2 Å². The van der Waals surface area contributed by atoms with Crippen molar-refractivity contribution >= 4 is 16.9 Å². The lowest BCUT2D eigenvalue weighted by Crippen LogP contribution is -2.28. The van der Waals surface area contributed by atoms with E-state index in [-0.39, 0.29) is 13.2 Å². The summed E-state index contributed by atoms with van der Waals surface area (Å²) in [5, 5.41) is 17.9. The van der Waals surface area contributed by atoms with Gasteiger partial charge in [0.15, 0.2) is 5.82 Å². The fourth-order valence-corrected chi connectivity index (χ4v) is 4.14. The summed E-state index contributed by atoms with van der Waals surface area (Å²) in [4.78, 5) is 9.12. The Morgan fingerprint density at radius 2 is 2.03 bits per heavy atom. The normalized spacial score (nSPS) is 19.6. The molecule has 154 valence electrons. The van der Waals surface area contributed by atoms with Crippen molar-refractivity contribution in [1.82, 2.24) is 19.7 Å². The zero-order valence-corrected chi connectivity index (χ0v) is 17.1. The first kappa shape index (κ1) is 19.6. The molecule has 0 unspecified atom stereocenters. The molecular formula is C22H29N5O2. The first-order valence-corrected chi connectivity index (χ1v) is 10.5. The lowest BCUT2D eigenvalue weighted by molar-refractivity contribution is 0.203. The first-order valence-electron chi connectivity index (χ1n) is 10.5. The molecule has 1 fully saturated rings. The van der Waals surface area contributed by atoms with E-state index in [1.807, 2.05) is 24.3 Å². The van der Waals surface area contributed by atoms with Gasteiger partial charge in [-0.3, -0.25) is 0 Å². The second-order valence-corrected chi connectivity index (χ2v) is 8.06. The minimum absolute atomic E-state index is 0.0233. The molecule has 0 saturated heterocycles. The quantitative estimate of drug-likeness (QED) is 0.633. The lowest BCUT2D eigenvalue weighted by atomic mass is 9.80. The summed E-state index contributed by atoms with van der Waals surface area (Å²) in [5.41, 5.74) is 0.905. The molecule has 7 heteroatoms. The van der Waals surface area contributed by atoms with E-state index >= 15 is 0 Å². The average molecular weight is 396 g/mol. The Kier molecular flexibility index (Phi) is 5.94. The molecule has 7 nitrogen and oxygen atoms in total. The highest BCUT2D eigenvalue weighted by molar-refractivity contribution is 5.86. The maximum absolute atomic E-state index is 9.02. The number of hydrogen-bond acceptors (Lipinski definition) is 6. The second-order valence-electron chi connectivity index (χ2n) is 8.06. The smallest absolute Gasteiger partial charge is 0.224 e. The molecule has 0 bridgehead atoms. The summed E-state index contributed by atoms with van der Waals surface area (Å²) < 4.78 is 7.41. The highest BCUT2D eigenvalue weighted by Crippen LogP contribution is 2.31. The summed E-state index contributed by atoms with van der Waals surface area (Å²) in [6.07, 6.45) is 8.37. The van der Waals surface area contributed by atoms with Crippen molar-refractivity contribution in [2.24, 2.45) is 11.8 Å². The summed E-state index contributed by atoms with van der Waals surface area (Å²) in [6.45, 7) is 4.87. The lowest BCUT2D eigenvalue weighted by Gasteiger charge is -2.31. The zero-order valence-electron chi connectivity index (χ0n) is 17.1. The van der Waals surface area contributed by atoms with Gasteiger partial charge >= 0.3 is 0 Å². The van der Waals surface area contributed by atoms with E-state index in [1.54, 1.807) is 17.1 Å². The molecule has 1 aliphatic rings. The number of hydrogen-bond donors (Lipinski definition) is 2. The maximum atomic E-state index is 9.02. The van der Waals surface area contributed by atoms with Crippen LogP contribution in [0.2, 0.25) is 0 Å². The second kappa shape index (κ2) is 8.78. The van der Waals surface area contributed by atoms with Crippen LogP contribution < -0.4 is 10.1 Å². The molecule has 0 amide bonds. The summed E-state index contributed by atoms with van der Waals surface area (Å²) >= 11 is 0. The van der Waals surface area contributed by atoms with Crippen molar-refractivity contribution in [3.63, 3.8) is 0 Å². The number of nitrogens with one attached hydrogen (secondary N) is 1. The number of rotatable bonds is 7. The van der Waals surface area contributed by atoms with E-state index in [0.717, 1.165) is 35.6 Å². The predicted molar refractivity (Wildman–Crippen MR) is 113 cm³/mol. The van der Waals surface area contributed by atoms with Gasteiger partial charge in [0.2, 0.25) is 5.95 Å². The van der Waals surface area contributed by atoms with Gasteiger partial charge in [0, 0.05) is 18.3 Å². The molecular weight excluding hydrogens is 366 g/mol. The van der Waals surface area contributed by atoms with Crippen LogP contribution >= 0.6 is 0 Å². The highest BCUT2D eigenvalue weighted by atomic mass is 16.5. The van der Waals surface area contributed by atoms with Gasteiger partial charge in [0.1, 0.15) is 12.4 Å². The number of nitrogens with zero attached hydrogens (tertiary/aromatic N) is 4. The molecule has 0 atom stereocenters. The van der Waals surface area contributed by atoms with Crippen LogP contribution in [-0.2, 0) is 0 Å². The van der Waals surface area contributed by atoms with E-state index < -0.39 is 0 Å². The number of benzene rings is 1. The summed E-state index contributed by atoms with van der Waals surface area (Å²) in [5.74, 6) is 3.66. The largest absolute Gasteiger partial charge is 0.490 e. The maximum Gasteiger partial charge on any atom is 0.224 e. The Balaban J connectivity index is 1.52. The van der Waals surface area contributed by atoms with Crippen LogP contribution in [-0.4, -0.2) is 44.1 Å². The predicted octanol–water partition coefficient (Wildman–Crippen LogP) is 3.81. The molecule has 2 heterocycles. The number of aromatic nitrogens is 4. The van der Waals surface area contributed by atoms with Crippen LogP contribution in [0.5, 0.6) is 5.75 Å². The average Bonchev–Trinajstić information content (AvgIpc) is 3.18. The number of anilines is 1. The molecule has 0 aliphatic heterocycles. The summed E-state index contributed by atoms with van der Waals surface area (Å²) in [6, 6.07) is 8.06. The van der Waals surface area contributed by atoms with Crippen molar-refractivity contribution in [2.75, 3.05) is 18.5 Å². The van der Waals surface area contributed by atoms with Crippen molar-refractivity contribution in [1.29, 1.82) is 0 Å². The number of aliphatic hydroxyl groups is 1. The van der Waals surface area contributed by atoms with E-state index in [0.29, 0.717) is 23.6 Å². The third kappa shape index (κ3) is 4.34. The van der Waals surface area contributed by atoms with E-state index in [9.17, 15) is 0 Å². The molecule has 1 aromatic carbocycles. The number of ether oxygens (including phenoxy) is 1. The van der Waals surface area contributed by atoms with E-state index in [1.165, 1.54) is 12.8 Å². The standard InChI is InChI=1S/C22H29N5O2/c1-15(2)16-6-8-17(9-7-16)25-22-23-11-10-21(26-22)27-19-4-3-5-20(29-13-12-28)18(19)14-24-27/h3-5,10-11,14-17,28H,6-9,12-13H2,1-2H3,(H,23,25,26). The van der Waals surface area contributed by atoms with Gasteiger partial charge in [0.25, 0.3) is 0 Å². The van der Waals surface area contributed by atoms with Crippen molar-refractivity contribution in [3.05, 3.63) is 36.7 Å². The van der Waals surface area contributed by atoms with Crippen molar-refractivity contribution < 1.29 is 9.84 Å². The first-order chi connectivity index (χ1) is 14.2. The third-order valence-corrected chi connectivity index (χ3v) is 5.83. The number of fused-ring (bicyclic) bond motifs is 1. The Hall–Kier alpha value is -2.67. The Morgan fingerprint density at radius 1 is 1.21 bits per heavy atom. The van der Waals surface area contributed by atoms with Crippen LogP contribution in [0.3, 0.4) is 0 Å². The highest BCUT2D eigenvalue weighted by Gasteiger charge is 2.23. The van der Waals surface area contributed by atoms with Crippen LogP contribution in [0.25, 0.3) is 16.7 Å². The Labute approximate surface area is 171 Å². The van der Waals surface area contributed by atoms with Crippen molar-refractivity contribution in [2.45, 2.75) is 45.6 Å². The minimum atomic E-state index is -0.0233. The molecule has 2 aromatic heterocycles. The van der Waals surface area contributed by atoms with Gasteiger partial charge in [0.05, 0.1) is 23.7 Å². The van der Waals surface area contributed by atoms with Crippen LogP contribution in [0.15, 0.2) is 36.7 Å². The van der Waals surface area contributed by atoms with Gasteiger partial charge in [-0.15, -0.1) is 0 Å². The number of aliphatic hydroxyl groups excluding tert-OH is 1. The fourth-order valence-electron chi connectivity index (χ4n) is 4.14. The Bertz CT molecular complexity index is 947. The van der Waals surface area contributed by atoms with Gasteiger partial charge in [-0.05, 0) is 49.7 Å². The molecule has 1 aliphatic carbocycles. The molecule has 29 heavy (non-hydrogen) atoms. The Morgan fingerprint density at radius 3 is 2.79 bits per heavy atom. The molecule has 4 rings (SSSR count). The molecule has 0 radical (unpaired) electrons. The van der Waals surface area contributed by atoms with Crippen molar-refractivity contribution in [3.8, 4) is 11.6 Å². The van der Waals surface area contributed by atoms with Crippen LogP contribution in [0.1, 0.15) is 39.5 Å². The molecule has 2 N–H and O–H groups in total. The van der Waals surface area contributed by atoms with Gasteiger partial charge < -0.3 is 15.2 Å². The molecule has 1 saturated carbocycles. The van der Waals surface area contributed by atoms with Gasteiger partial charge in [-0.2, -0.15) is 10.1 Å². The van der Waals surface area contributed by atoms with Gasteiger partial charge in [-0.25, -0.2) is 9.67 Å². The van der Waals surface area contributed by atoms with E-state index in [4.69, 9.17) is 14.8 Å². The molecule has 3 aromatic rings. The van der Waals surface area contributed by atoms with Gasteiger partial charge in [-0.1, -0.05) is 19.9 Å². The van der Waals surface area contributed by atoms with Crippen LogP contribution in [0.4, 0.5) is 5.95 Å².